The molecule has 27 heavy (non-hydrogen) atoms. The predicted octanol–water partition coefficient (Wildman–Crippen LogP) is 2.92. The van der Waals surface area contributed by atoms with E-state index in [4.69, 9.17) is 0 Å². The van der Waals surface area contributed by atoms with Crippen LogP contribution >= 0.6 is 0 Å². The number of nitrogens with zero attached hydrogens (tertiary/aromatic N) is 2. The highest BCUT2D eigenvalue weighted by atomic mass is 16.2. The number of anilines is 2. The highest BCUT2D eigenvalue weighted by Crippen LogP contribution is 2.17. The molecule has 7 heteroatoms. The van der Waals surface area contributed by atoms with Crippen LogP contribution in [0, 0.1) is 0 Å². The third-order valence-corrected chi connectivity index (χ3v) is 4.33. The standard InChI is InChI=1S/C20H22N4O3/c1-14(25)22-16-6-5-7-17(13-16)23-19(26)15-8-9-21-18(12-15)20(27)24-10-3-2-4-11-24/h5-9,12-13H,2-4,10-11H2,1H3,(H,22,25)(H,23,26). The predicted molar refractivity (Wildman–Crippen MR) is 103 cm³/mol. The summed E-state index contributed by atoms with van der Waals surface area (Å²) in [4.78, 5) is 42.2. The zero-order valence-corrected chi connectivity index (χ0v) is 15.2. The SMILES string of the molecule is CC(=O)Nc1cccc(NC(=O)c2ccnc(C(=O)N3CCCCC3)c2)c1. The van der Waals surface area contributed by atoms with Crippen molar-refractivity contribution in [2.75, 3.05) is 23.7 Å². The van der Waals surface area contributed by atoms with Crippen molar-refractivity contribution in [2.24, 2.45) is 0 Å². The van der Waals surface area contributed by atoms with Gasteiger partial charge in [-0.3, -0.25) is 19.4 Å². The van der Waals surface area contributed by atoms with E-state index in [0.29, 0.717) is 16.9 Å². The van der Waals surface area contributed by atoms with Crippen molar-refractivity contribution < 1.29 is 14.4 Å². The molecule has 0 spiro atoms. The number of pyridine rings is 1. The average Bonchev–Trinajstić information content (AvgIpc) is 2.68. The number of rotatable bonds is 4. The van der Waals surface area contributed by atoms with E-state index < -0.39 is 0 Å². The minimum Gasteiger partial charge on any atom is -0.337 e. The molecule has 1 aromatic carbocycles. The van der Waals surface area contributed by atoms with Crippen molar-refractivity contribution in [1.82, 2.24) is 9.88 Å². The molecule has 0 atom stereocenters. The van der Waals surface area contributed by atoms with Gasteiger partial charge in [0, 0.05) is 43.1 Å². The van der Waals surface area contributed by atoms with Crippen LogP contribution in [0.25, 0.3) is 0 Å². The Morgan fingerprint density at radius 1 is 0.963 bits per heavy atom. The normalized spacial score (nSPS) is 13.7. The Morgan fingerprint density at radius 3 is 2.37 bits per heavy atom. The number of benzene rings is 1. The van der Waals surface area contributed by atoms with Crippen LogP contribution in [-0.2, 0) is 4.79 Å². The zero-order valence-electron chi connectivity index (χ0n) is 15.2. The number of carbonyl (C=O) groups excluding carboxylic acids is 3. The van der Waals surface area contributed by atoms with Crippen LogP contribution in [0.5, 0.6) is 0 Å². The first-order valence-electron chi connectivity index (χ1n) is 8.97. The van der Waals surface area contributed by atoms with E-state index in [9.17, 15) is 14.4 Å². The summed E-state index contributed by atoms with van der Waals surface area (Å²) < 4.78 is 0. The maximum absolute atomic E-state index is 12.6. The number of hydrogen-bond donors (Lipinski definition) is 2. The van der Waals surface area contributed by atoms with Gasteiger partial charge in [0.05, 0.1) is 0 Å². The minimum atomic E-state index is -0.343. The molecule has 2 N–H and O–H groups in total. The first-order chi connectivity index (χ1) is 13.0. The van der Waals surface area contributed by atoms with Gasteiger partial charge in [-0.1, -0.05) is 6.07 Å². The Morgan fingerprint density at radius 2 is 1.67 bits per heavy atom. The number of piperidine rings is 1. The second-order valence-corrected chi connectivity index (χ2v) is 6.50. The molecule has 2 heterocycles. The molecule has 0 bridgehead atoms. The fraction of sp³-hybridized carbons (Fsp3) is 0.300. The van der Waals surface area contributed by atoms with Crippen molar-refractivity contribution in [3.05, 3.63) is 53.9 Å². The van der Waals surface area contributed by atoms with E-state index in [2.05, 4.69) is 15.6 Å². The summed E-state index contributed by atoms with van der Waals surface area (Å²) in [6.07, 6.45) is 4.60. The molecule has 1 aliphatic heterocycles. The summed E-state index contributed by atoms with van der Waals surface area (Å²) in [7, 11) is 0. The maximum Gasteiger partial charge on any atom is 0.272 e. The second kappa shape index (κ2) is 8.44. The average molecular weight is 366 g/mol. The third-order valence-electron chi connectivity index (χ3n) is 4.33. The van der Waals surface area contributed by atoms with E-state index in [-0.39, 0.29) is 23.4 Å². The van der Waals surface area contributed by atoms with Gasteiger partial charge in [-0.05, 0) is 49.6 Å². The first kappa shape index (κ1) is 18.6. The van der Waals surface area contributed by atoms with Gasteiger partial charge in [0.1, 0.15) is 5.69 Å². The van der Waals surface area contributed by atoms with E-state index in [1.807, 2.05) is 0 Å². The van der Waals surface area contributed by atoms with Gasteiger partial charge >= 0.3 is 0 Å². The monoisotopic (exact) mass is 366 g/mol. The lowest BCUT2D eigenvalue weighted by Crippen LogP contribution is -2.36. The molecule has 1 saturated heterocycles. The van der Waals surface area contributed by atoms with E-state index in [0.717, 1.165) is 32.4 Å². The van der Waals surface area contributed by atoms with Crippen molar-refractivity contribution >= 4 is 29.1 Å². The molecule has 0 unspecified atom stereocenters. The van der Waals surface area contributed by atoms with E-state index in [1.165, 1.54) is 19.2 Å². The maximum atomic E-state index is 12.6. The minimum absolute atomic E-state index is 0.142. The van der Waals surface area contributed by atoms with Crippen molar-refractivity contribution in [1.29, 1.82) is 0 Å². The van der Waals surface area contributed by atoms with Crippen LogP contribution in [0.1, 0.15) is 47.0 Å². The summed E-state index contributed by atoms with van der Waals surface area (Å²) >= 11 is 0. The molecule has 1 aromatic heterocycles. The summed E-state index contributed by atoms with van der Waals surface area (Å²) in [5.41, 5.74) is 1.77. The van der Waals surface area contributed by atoms with E-state index >= 15 is 0 Å². The number of amides is 3. The van der Waals surface area contributed by atoms with Gasteiger partial charge in [0.15, 0.2) is 0 Å². The number of hydrogen-bond acceptors (Lipinski definition) is 4. The van der Waals surface area contributed by atoms with Crippen LogP contribution < -0.4 is 10.6 Å². The number of likely N-dealkylation sites (tertiary alicyclic amines) is 1. The zero-order chi connectivity index (χ0) is 19.2. The van der Waals surface area contributed by atoms with Gasteiger partial charge in [-0.25, -0.2) is 0 Å². The number of aromatic nitrogens is 1. The molecule has 1 fully saturated rings. The van der Waals surface area contributed by atoms with Gasteiger partial charge < -0.3 is 15.5 Å². The van der Waals surface area contributed by atoms with Crippen LogP contribution in [0.3, 0.4) is 0 Å². The smallest absolute Gasteiger partial charge is 0.272 e. The highest BCUT2D eigenvalue weighted by molar-refractivity contribution is 6.06. The summed E-state index contributed by atoms with van der Waals surface area (Å²) in [6.45, 7) is 2.88. The molecular formula is C20H22N4O3. The lowest BCUT2D eigenvalue weighted by Gasteiger charge is -2.26. The highest BCUT2D eigenvalue weighted by Gasteiger charge is 2.20. The summed E-state index contributed by atoms with van der Waals surface area (Å²) in [5, 5.41) is 5.44. The Kier molecular flexibility index (Phi) is 5.80. The van der Waals surface area contributed by atoms with Crippen molar-refractivity contribution in [3.8, 4) is 0 Å². The van der Waals surface area contributed by atoms with Crippen molar-refractivity contribution in [3.63, 3.8) is 0 Å². The lowest BCUT2D eigenvalue weighted by molar-refractivity contribution is -0.114. The Hall–Kier alpha value is -3.22. The van der Waals surface area contributed by atoms with Gasteiger partial charge in [0.25, 0.3) is 11.8 Å². The molecule has 0 saturated carbocycles. The first-order valence-corrected chi connectivity index (χ1v) is 8.97. The molecule has 0 aliphatic carbocycles. The largest absolute Gasteiger partial charge is 0.337 e. The number of carbonyl (C=O) groups is 3. The van der Waals surface area contributed by atoms with Crippen LogP contribution in [-0.4, -0.2) is 40.7 Å². The van der Waals surface area contributed by atoms with Crippen molar-refractivity contribution in [2.45, 2.75) is 26.2 Å². The second-order valence-electron chi connectivity index (χ2n) is 6.50. The molecule has 3 amide bonds. The van der Waals surface area contributed by atoms with Gasteiger partial charge in [-0.2, -0.15) is 0 Å². The van der Waals surface area contributed by atoms with Gasteiger partial charge in [0.2, 0.25) is 5.91 Å². The Labute approximate surface area is 157 Å². The van der Waals surface area contributed by atoms with E-state index in [1.54, 1.807) is 35.2 Å². The lowest BCUT2D eigenvalue weighted by atomic mass is 10.1. The van der Waals surface area contributed by atoms with Crippen LogP contribution in [0.15, 0.2) is 42.6 Å². The summed E-state index contributed by atoms with van der Waals surface area (Å²) in [5.74, 6) is -0.671. The van der Waals surface area contributed by atoms with Crippen LogP contribution in [0.4, 0.5) is 11.4 Å². The topological polar surface area (TPSA) is 91.4 Å². The fourth-order valence-corrected chi connectivity index (χ4v) is 3.03. The van der Waals surface area contributed by atoms with Crippen LogP contribution in [0.2, 0.25) is 0 Å². The molecule has 3 rings (SSSR count). The molecule has 140 valence electrons. The van der Waals surface area contributed by atoms with Gasteiger partial charge in [-0.15, -0.1) is 0 Å². The Bertz CT molecular complexity index is 860. The number of nitrogens with one attached hydrogen (secondary N) is 2. The fourth-order valence-electron chi connectivity index (χ4n) is 3.03. The molecular weight excluding hydrogens is 344 g/mol. The quantitative estimate of drug-likeness (QED) is 0.870. The molecule has 2 aromatic rings. The molecule has 1 aliphatic rings. The molecule has 0 radical (unpaired) electrons. The Balaban J connectivity index is 1.72. The third kappa shape index (κ3) is 4.91. The molecule has 7 nitrogen and oxygen atoms in total. The summed E-state index contributed by atoms with van der Waals surface area (Å²) in [6, 6.07) is 9.95.